The molecule has 1 aliphatic rings. The fourth-order valence-corrected chi connectivity index (χ4v) is 1.81. The Morgan fingerprint density at radius 1 is 1.38 bits per heavy atom. The lowest BCUT2D eigenvalue weighted by atomic mass is 9.99. The molecule has 1 heterocycles. The predicted octanol–water partition coefficient (Wildman–Crippen LogP) is 2.16. The van der Waals surface area contributed by atoms with Crippen LogP contribution in [0.5, 0.6) is 5.75 Å². The summed E-state index contributed by atoms with van der Waals surface area (Å²) < 4.78 is 0. The van der Waals surface area contributed by atoms with E-state index in [-0.39, 0.29) is 5.75 Å². The lowest BCUT2D eigenvalue weighted by molar-refractivity contribution is 0.150. The molecule has 2 N–H and O–H groups in total. The van der Waals surface area contributed by atoms with E-state index < -0.39 is 6.09 Å². The third-order valence-corrected chi connectivity index (χ3v) is 2.70. The van der Waals surface area contributed by atoms with Gasteiger partial charge in [0.05, 0.1) is 0 Å². The molecule has 2 rings (SSSR count). The maximum atomic E-state index is 10.7. The van der Waals surface area contributed by atoms with Gasteiger partial charge < -0.3 is 15.1 Å². The summed E-state index contributed by atoms with van der Waals surface area (Å²) in [5.41, 5.74) is 2.05. The topological polar surface area (TPSA) is 60.8 Å². The van der Waals surface area contributed by atoms with Crippen LogP contribution in [0.4, 0.5) is 4.79 Å². The maximum Gasteiger partial charge on any atom is 0.407 e. The van der Waals surface area contributed by atoms with Crippen LogP contribution in [0, 0.1) is 0 Å². The minimum atomic E-state index is -0.883. The zero-order chi connectivity index (χ0) is 11.5. The van der Waals surface area contributed by atoms with Crippen LogP contribution in [0.3, 0.4) is 0 Å². The highest BCUT2D eigenvalue weighted by Crippen LogP contribution is 2.24. The van der Waals surface area contributed by atoms with Crippen LogP contribution in [0.15, 0.2) is 30.3 Å². The third kappa shape index (κ3) is 2.16. The average Bonchev–Trinajstić information content (AvgIpc) is 2.29. The van der Waals surface area contributed by atoms with E-state index in [9.17, 15) is 9.90 Å². The van der Waals surface area contributed by atoms with Gasteiger partial charge in [0, 0.05) is 13.1 Å². The quantitative estimate of drug-likeness (QED) is 0.760. The maximum absolute atomic E-state index is 10.7. The molecule has 84 valence electrons. The molecule has 16 heavy (non-hydrogen) atoms. The summed E-state index contributed by atoms with van der Waals surface area (Å²) in [6.07, 6.45) is 1.70. The number of benzene rings is 1. The van der Waals surface area contributed by atoms with Gasteiger partial charge in [0.15, 0.2) is 0 Å². The number of aromatic hydroxyl groups is 1. The number of hydrogen-bond acceptors (Lipinski definition) is 2. The van der Waals surface area contributed by atoms with E-state index in [1.807, 2.05) is 12.1 Å². The Kier molecular flexibility index (Phi) is 2.81. The van der Waals surface area contributed by atoms with Crippen LogP contribution in [-0.2, 0) is 0 Å². The smallest absolute Gasteiger partial charge is 0.407 e. The molecule has 1 aromatic rings. The fraction of sp³-hybridized carbons (Fsp3) is 0.250. The first-order valence-corrected chi connectivity index (χ1v) is 5.13. The minimum Gasteiger partial charge on any atom is -0.508 e. The first kappa shape index (κ1) is 10.5. The second kappa shape index (κ2) is 4.26. The van der Waals surface area contributed by atoms with Crippen molar-refractivity contribution in [3.63, 3.8) is 0 Å². The minimum absolute atomic E-state index is 0.235. The molecule has 0 unspecified atom stereocenters. The molecular weight excluding hydrogens is 206 g/mol. The van der Waals surface area contributed by atoms with Crippen LogP contribution >= 0.6 is 0 Å². The van der Waals surface area contributed by atoms with E-state index in [1.165, 1.54) is 4.90 Å². The van der Waals surface area contributed by atoms with Gasteiger partial charge >= 0.3 is 6.09 Å². The van der Waals surface area contributed by atoms with Gasteiger partial charge in [-0.2, -0.15) is 0 Å². The molecule has 0 fully saturated rings. The molecule has 0 saturated heterocycles. The second-order valence-electron chi connectivity index (χ2n) is 3.76. The molecule has 4 nitrogen and oxygen atoms in total. The summed E-state index contributed by atoms with van der Waals surface area (Å²) >= 11 is 0. The Labute approximate surface area is 93.4 Å². The van der Waals surface area contributed by atoms with Gasteiger partial charge in [-0.3, -0.25) is 0 Å². The van der Waals surface area contributed by atoms with E-state index in [4.69, 9.17) is 5.11 Å². The molecule has 0 saturated carbocycles. The summed E-state index contributed by atoms with van der Waals surface area (Å²) in [4.78, 5) is 12.1. The van der Waals surface area contributed by atoms with Gasteiger partial charge in [0.2, 0.25) is 0 Å². The largest absolute Gasteiger partial charge is 0.508 e. The zero-order valence-electron chi connectivity index (χ0n) is 8.76. The van der Waals surface area contributed by atoms with Crippen molar-refractivity contribution in [3.05, 3.63) is 35.9 Å². The Morgan fingerprint density at radius 3 is 2.75 bits per heavy atom. The van der Waals surface area contributed by atoms with Crippen molar-refractivity contribution in [2.75, 3.05) is 13.1 Å². The molecule has 1 amide bonds. The number of amides is 1. The van der Waals surface area contributed by atoms with Gasteiger partial charge in [-0.15, -0.1) is 0 Å². The summed E-state index contributed by atoms with van der Waals surface area (Å²) in [6.45, 7) is 0.928. The molecular formula is C12H13NO3. The molecule has 0 radical (unpaired) electrons. The lowest BCUT2D eigenvalue weighted by Crippen LogP contribution is -2.33. The summed E-state index contributed by atoms with van der Waals surface area (Å²) in [6, 6.07) is 7.02. The molecule has 1 aliphatic heterocycles. The molecule has 0 bridgehead atoms. The summed E-state index contributed by atoms with van der Waals surface area (Å²) in [7, 11) is 0. The van der Waals surface area contributed by atoms with Crippen molar-refractivity contribution >= 4 is 11.7 Å². The van der Waals surface area contributed by atoms with Crippen LogP contribution in [0.1, 0.15) is 12.0 Å². The number of carboxylic acid groups (broad SMARTS) is 1. The first-order valence-electron chi connectivity index (χ1n) is 5.13. The van der Waals surface area contributed by atoms with Gasteiger partial charge in [-0.25, -0.2) is 4.79 Å². The molecule has 0 spiro atoms. The van der Waals surface area contributed by atoms with E-state index in [0.717, 1.165) is 11.1 Å². The number of rotatable bonds is 1. The Balaban J connectivity index is 2.16. The lowest BCUT2D eigenvalue weighted by Gasteiger charge is -2.23. The second-order valence-corrected chi connectivity index (χ2v) is 3.76. The highest BCUT2D eigenvalue weighted by Gasteiger charge is 2.16. The van der Waals surface area contributed by atoms with Crippen LogP contribution in [-0.4, -0.2) is 34.3 Å². The molecule has 4 heteroatoms. The van der Waals surface area contributed by atoms with Gasteiger partial charge in [-0.05, 0) is 29.7 Å². The normalized spacial score (nSPS) is 15.8. The third-order valence-electron chi connectivity index (χ3n) is 2.70. The van der Waals surface area contributed by atoms with Crippen LogP contribution in [0.2, 0.25) is 0 Å². The number of carbonyl (C=O) groups is 1. The van der Waals surface area contributed by atoms with Crippen LogP contribution in [0.25, 0.3) is 5.57 Å². The van der Waals surface area contributed by atoms with Crippen molar-refractivity contribution in [1.29, 1.82) is 0 Å². The van der Waals surface area contributed by atoms with Gasteiger partial charge in [0.1, 0.15) is 5.75 Å². The average molecular weight is 219 g/mol. The Morgan fingerprint density at radius 2 is 2.19 bits per heavy atom. The van der Waals surface area contributed by atoms with Gasteiger partial charge in [-0.1, -0.05) is 18.2 Å². The Bertz CT molecular complexity index is 440. The molecule has 0 aliphatic carbocycles. The molecule has 1 aromatic carbocycles. The predicted molar refractivity (Wildman–Crippen MR) is 60.3 cm³/mol. The zero-order valence-corrected chi connectivity index (χ0v) is 8.76. The van der Waals surface area contributed by atoms with Crippen molar-refractivity contribution < 1.29 is 15.0 Å². The van der Waals surface area contributed by atoms with Gasteiger partial charge in [0.25, 0.3) is 0 Å². The number of nitrogens with zero attached hydrogens (tertiary/aromatic N) is 1. The SMILES string of the molecule is O=C(O)N1CC=C(c2cccc(O)c2)CC1. The monoisotopic (exact) mass is 219 g/mol. The standard InChI is InChI=1S/C12H13NO3/c14-11-3-1-2-10(8-11)9-4-6-13(7-5-9)12(15)16/h1-4,8,14H,5-7H2,(H,15,16). The van der Waals surface area contributed by atoms with Crippen molar-refractivity contribution in [2.24, 2.45) is 0 Å². The van der Waals surface area contributed by atoms with E-state index in [0.29, 0.717) is 19.5 Å². The molecule has 0 atom stereocenters. The summed E-state index contributed by atoms with van der Waals surface area (Å²) in [5.74, 6) is 0.235. The van der Waals surface area contributed by atoms with Crippen molar-refractivity contribution in [2.45, 2.75) is 6.42 Å². The number of phenols is 1. The Hall–Kier alpha value is -1.97. The number of phenolic OH excluding ortho intramolecular Hbond substituents is 1. The van der Waals surface area contributed by atoms with E-state index >= 15 is 0 Å². The highest BCUT2D eigenvalue weighted by molar-refractivity contribution is 5.71. The fourth-order valence-electron chi connectivity index (χ4n) is 1.81. The molecule has 0 aromatic heterocycles. The van der Waals surface area contributed by atoms with Crippen molar-refractivity contribution in [3.8, 4) is 5.75 Å². The summed E-state index contributed by atoms with van der Waals surface area (Å²) in [5, 5.41) is 18.1. The van der Waals surface area contributed by atoms with Crippen molar-refractivity contribution in [1.82, 2.24) is 4.90 Å². The van der Waals surface area contributed by atoms with Crippen LogP contribution < -0.4 is 0 Å². The van der Waals surface area contributed by atoms with E-state index in [1.54, 1.807) is 18.2 Å². The highest BCUT2D eigenvalue weighted by atomic mass is 16.4. The number of hydrogen-bond donors (Lipinski definition) is 2. The van der Waals surface area contributed by atoms with E-state index in [2.05, 4.69) is 0 Å². The first-order chi connectivity index (χ1) is 7.66.